The van der Waals surface area contributed by atoms with E-state index in [2.05, 4.69) is 210 Å². The van der Waals surface area contributed by atoms with Crippen molar-refractivity contribution in [3.63, 3.8) is 0 Å². The SMILES string of the molecule is c1ccc(-c2cc(-c3ccccc3)cc(N(c3ccc(-c4cccc5nc(-c6ccccc6)oc45)cc3)c3ccc4c5ccc6ccccc6c5n(-c5ccccc5)c4c3)c2)cc1. The molecular weight excluding hydrogens is 767 g/mol. The average molecular weight is 806 g/mol. The molecule has 2 heterocycles. The zero-order chi connectivity index (χ0) is 41.7. The minimum Gasteiger partial charge on any atom is -0.435 e. The molecule has 0 saturated carbocycles. The molecule has 0 aliphatic heterocycles. The third-order valence-corrected chi connectivity index (χ3v) is 12.2. The Labute approximate surface area is 365 Å². The molecule has 0 radical (unpaired) electrons. The molecule has 12 rings (SSSR count). The second-order valence-electron chi connectivity index (χ2n) is 16.0. The highest BCUT2D eigenvalue weighted by Gasteiger charge is 2.21. The van der Waals surface area contributed by atoms with Crippen LogP contribution in [0, 0.1) is 0 Å². The number of fused-ring (bicyclic) bond motifs is 6. The van der Waals surface area contributed by atoms with Crippen molar-refractivity contribution in [2.75, 3.05) is 4.90 Å². The zero-order valence-electron chi connectivity index (χ0n) is 34.3. The third-order valence-electron chi connectivity index (χ3n) is 12.2. The fraction of sp³-hybridized carbons (Fsp3) is 0. The van der Waals surface area contributed by atoms with Crippen molar-refractivity contribution >= 4 is 60.7 Å². The van der Waals surface area contributed by atoms with Gasteiger partial charge in [-0.1, -0.05) is 164 Å². The predicted molar refractivity (Wildman–Crippen MR) is 262 cm³/mol. The maximum Gasteiger partial charge on any atom is 0.227 e. The van der Waals surface area contributed by atoms with Gasteiger partial charge in [0, 0.05) is 50.0 Å². The van der Waals surface area contributed by atoms with E-state index < -0.39 is 0 Å². The summed E-state index contributed by atoms with van der Waals surface area (Å²) in [5.41, 5.74) is 15.8. The largest absolute Gasteiger partial charge is 0.435 e. The summed E-state index contributed by atoms with van der Waals surface area (Å²) in [6.07, 6.45) is 0. The van der Waals surface area contributed by atoms with Crippen molar-refractivity contribution in [2.45, 2.75) is 0 Å². The Morgan fingerprint density at radius 2 is 0.984 bits per heavy atom. The molecule has 4 nitrogen and oxygen atoms in total. The zero-order valence-corrected chi connectivity index (χ0v) is 34.3. The highest BCUT2D eigenvalue weighted by atomic mass is 16.3. The minimum absolute atomic E-state index is 0.615. The van der Waals surface area contributed by atoms with E-state index in [-0.39, 0.29) is 0 Å². The highest BCUT2D eigenvalue weighted by molar-refractivity contribution is 6.19. The number of para-hydroxylation sites is 2. The Balaban J connectivity index is 1.08. The number of hydrogen-bond acceptors (Lipinski definition) is 3. The highest BCUT2D eigenvalue weighted by Crippen LogP contribution is 2.44. The van der Waals surface area contributed by atoms with Gasteiger partial charge in [0.1, 0.15) is 5.52 Å². The first-order chi connectivity index (χ1) is 31.2. The molecule has 10 aromatic carbocycles. The van der Waals surface area contributed by atoms with Gasteiger partial charge in [-0.05, 0) is 106 Å². The summed E-state index contributed by atoms with van der Waals surface area (Å²) in [5.74, 6) is 0.615. The van der Waals surface area contributed by atoms with Crippen LogP contribution in [0.2, 0.25) is 0 Å². The van der Waals surface area contributed by atoms with Gasteiger partial charge in [-0.3, -0.25) is 0 Å². The monoisotopic (exact) mass is 805 g/mol. The smallest absolute Gasteiger partial charge is 0.227 e. The maximum atomic E-state index is 6.48. The van der Waals surface area contributed by atoms with Gasteiger partial charge in [0.2, 0.25) is 5.89 Å². The lowest BCUT2D eigenvalue weighted by Crippen LogP contribution is -2.10. The van der Waals surface area contributed by atoms with Crippen LogP contribution in [0.15, 0.2) is 241 Å². The van der Waals surface area contributed by atoms with Gasteiger partial charge in [0.15, 0.2) is 5.58 Å². The van der Waals surface area contributed by atoms with Gasteiger partial charge >= 0.3 is 0 Å². The van der Waals surface area contributed by atoms with Crippen molar-refractivity contribution in [1.29, 1.82) is 0 Å². The first kappa shape index (κ1) is 36.4. The Hall–Kier alpha value is -8.47. The third kappa shape index (κ3) is 6.44. The van der Waals surface area contributed by atoms with Gasteiger partial charge in [0.05, 0.1) is 11.0 Å². The molecule has 0 saturated heterocycles. The van der Waals surface area contributed by atoms with Crippen LogP contribution >= 0.6 is 0 Å². The van der Waals surface area contributed by atoms with Gasteiger partial charge in [-0.2, -0.15) is 0 Å². The lowest BCUT2D eigenvalue weighted by Gasteiger charge is -2.27. The summed E-state index contributed by atoms with van der Waals surface area (Å²) < 4.78 is 8.92. The number of oxazole rings is 1. The lowest BCUT2D eigenvalue weighted by atomic mass is 9.97. The molecule has 0 unspecified atom stereocenters. The molecule has 2 aromatic heterocycles. The molecule has 0 atom stereocenters. The summed E-state index contributed by atoms with van der Waals surface area (Å²) in [7, 11) is 0. The van der Waals surface area contributed by atoms with E-state index in [0.717, 1.165) is 78.3 Å². The molecule has 0 N–H and O–H groups in total. The summed E-state index contributed by atoms with van der Waals surface area (Å²) >= 11 is 0. The van der Waals surface area contributed by atoms with Crippen LogP contribution in [0.25, 0.3) is 94.2 Å². The van der Waals surface area contributed by atoms with Gasteiger partial charge in [0.25, 0.3) is 0 Å². The van der Waals surface area contributed by atoms with E-state index in [1.807, 2.05) is 36.4 Å². The Morgan fingerprint density at radius 1 is 0.381 bits per heavy atom. The fourth-order valence-corrected chi connectivity index (χ4v) is 9.20. The van der Waals surface area contributed by atoms with E-state index in [9.17, 15) is 0 Å². The predicted octanol–water partition coefficient (Wildman–Crippen LogP) is 16.2. The van der Waals surface area contributed by atoms with Crippen LogP contribution in [0.3, 0.4) is 0 Å². The molecule has 63 heavy (non-hydrogen) atoms. The normalized spacial score (nSPS) is 11.5. The van der Waals surface area contributed by atoms with Crippen LogP contribution in [-0.4, -0.2) is 9.55 Å². The molecule has 296 valence electrons. The summed E-state index contributed by atoms with van der Waals surface area (Å²) in [4.78, 5) is 7.27. The second-order valence-corrected chi connectivity index (χ2v) is 16.0. The number of nitrogens with zero attached hydrogens (tertiary/aromatic N) is 3. The lowest BCUT2D eigenvalue weighted by molar-refractivity contribution is 0.621. The van der Waals surface area contributed by atoms with E-state index in [4.69, 9.17) is 9.40 Å². The number of benzene rings is 10. The van der Waals surface area contributed by atoms with E-state index in [1.165, 1.54) is 27.1 Å². The Bertz CT molecular complexity index is 3540. The van der Waals surface area contributed by atoms with Crippen molar-refractivity contribution in [1.82, 2.24) is 9.55 Å². The topological polar surface area (TPSA) is 34.2 Å². The molecule has 0 aliphatic rings. The van der Waals surface area contributed by atoms with Gasteiger partial charge < -0.3 is 13.9 Å². The van der Waals surface area contributed by atoms with Crippen LogP contribution < -0.4 is 4.90 Å². The minimum atomic E-state index is 0.615. The van der Waals surface area contributed by atoms with E-state index in [0.29, 0.717) is 5.89 Å². The van der Waals surface area contributed by atoms with Crippen molar-refractivity contribution in [3.05, 3.63) is 237 Å². The fourth-order valence-electron chi connectivity index (χ4n) is 9.20. The molecular formula is C59H39N3O. The van der Waals surface area contributed by atoms with Gasteiger partial charge in [-0.25, -0.2) is 4.98 Å². The molecule has 4 heteroatoms. The van der Waals surface area contributed by atoms with Crippen LogP contribution in [0.4, 0.5) is 17.1 Å². The number of rotatable bonds is 8. The average Bonchev–Trinajstić information content (AvgIpc) is 3.95. The first-order valence-corrected chi connectivity index (χ1v) is 21.4. The summed E-state index contributed by atoms with van der Waals surface area (Å²) in [6.45, 7) is 0. The van der Waals surface area contributed by atoms with Crippen LogP contribution in [0.1, 0.15) is 0 Å². The first-order valence-electron chi connectivity index (χ1n) is 21.4. The quantitative estimate of drug-likeness (QED) is 0.153. The number of anilines is 3. The second kappa shape index (κ2) is 15.2. The molecule has 0 spiro atoms. The molecule has 0 bridgehead atoms. The molecule has 12 aromatic rings. The Morgan fingerprint density at radius 3 is 1.68 bits per heavy atom. The molecule has 0 aliphatic carbocycles. The maximum absolute atomic E-state index is 6.48. The van der Waals surface area contributed by atoms with E-state index in [1.54, 1.807) is 0 Å². The van der Waals surface area contributed by atoms with Crippen molar-refractivity contribution < 1.29 is 4.42 Å². The summed E-state index contributed by atoms with van der Waals surface area (Å²) in [5, 5.41) is 4.88. The van der Waals surface area contributed by atoms with Crippen LogP contribution in [0.5, 0.6) is 0 Å². The van der Waals surface area contributed by atoms with Crippen molar-refractivity contribution in [2.24, 2.45) is 0 Å². The van der Waals surface area contributed by atoms with Crippen molar-refractivity contribution in [3.8, 4) is 50.5 Å². The standard InChI is InChI=1S/C59H39N3O/c1-5-16-40(17-6-1)45-36-46(41-18-7-2-8-19-41)38-50(37-45)61(48-31-28-43(29-32-48)52-26-15-27-55-58(52)63-59(60-55)44-21-9-3-10-22-44)49-33-35-53-54-34-30-42-20-13-14-25-51(42)57(54)62(56(53)39-49)47-23-11-4-12-24-47/h1-39H. The Kier molecular flexibility index (Phi) is 8.79. The molecule has 0 amide bonds. The molecule has 0 fully saturated rings. The van der Waals surface area contributed by atoms with Gasteiger partial charge in [-0.15, -0.1) is 0 Å². The van der Waals surface area contributed by atoms with Crippen LogP contribution in [-0.2, 0) is 0 Å². The number of aromatic nitrogens is 2. The summed E-state index contributed by atoms with van der Waals surface area (Å²) in [6, 6.07) is 84.3. The number of hydrogen-bond donors (Lipinski definition) is 0. The van der Waals surface area contributed by atoms with E-state index >= 15 is 0 Å².